The van der Waals surface area contributed by atoms with Crippen molar-refractivity contribution in [2.24, 2.45) is 5.92 Å². The molecule has 1 atom stereocenters. The van der Waals surface area contributed by atoms with Gasteiger partial charge in [-0.05, 0) is 52.5 Å². The third-order valence-corrected chi connectivity index (χ3v) is 2.91. The summed E-state index contributed by atoms with van der Waals surface area (Å²) in [5.41, 5.74) is 0. The lowest BCUT2D eigenvalue weighted by Gasteiger charge is -2.17. The van der Waals surface area contributed by atoms with E-state index in [1.165, 1.54) is 6.42 Å². The van der Waals surface area contributed by atoms with E-state index < -0.39 is 5.97 Å². The van der Waals surface area contributed by atoms with Gasteiger partial charge in [0.15, 0.2) is 0 Å². The van der Waals surface area contributed by atoms with Gasteiger partial charge < -0.3 is 14.9 Å². The molecule has 0 saturated carbocycles. The first kappa shape index (κ1) is 12.5. The van der Waals surface area contributed by atoms with Crippen LogP contribution in [0.25, 0.3) is 0 Å². The summed E-state index contributed by atoms with van der Waals surface area (Å²) in [5.74, 6) is -0.281. The van der Waals surface area contributed by atoms with Crippen LogP contribution in [0.15, 0.2) is 0 Å². The summed E-state index contributed by atoms with van der Waals surface area (Å²) in [6, 6.07) is 0. The van der Waals surface area contributed by atoms with Gasteiger partial charge in [0.25, 0.3) is 0 Å². The number of likely N-dealkylation sites (tertiary alicyclic amines) is 1. The standard InChI is InChI=1S/C11H22N2O2/c1-12(2)5-3-6-13-7-4-10(9-13)8-11(14)15/h10H,3-9H2,1-2H3,(H,14,15). The molecule has 0 bridgehead atoms. The number of aliphatic carboxylic acids is 1. The Morgan fingerprint density at radius 1 is 1.53 bits per heavy atom. The highest BCUT2D eigenvalue weighted by atomic mass is 16.4. The summed E-state index contributed by atoms with van der Waals surface area (Å²) in [5, 5.41) is 8.68. The number of nitrogens with zero attached hydrogens (tertiary/aromatic N) is 2. The van der Waals surface area contributed by atoms with E-state index in [-0.39, 0.29) is 0 Å². The molecule has 0 aromatic heterocycles. The van der Waals surface area contributed by atoms with Crippen LogP contribution in [0, 0.1) is 5.92 Å². The molecule has 4 heteroatoms. The minimum Gasteiger partial charge on any atom is -0.481 e. The molecule has 1 aliphatic rings. The maximum absolute atomic E-state index is 10.5. The molecule has 1 heterocycles. The predicted octanol–water partition coefficient (Wildman–Crippen LogP) is 0.735. The van der Waals surface area contributed by atoms with Crippen LogP contribution in [0.1, 0.15) is 19.3 Å². The van der Waals surface area contributed by atoms with Crippen molar-refractivity contribution in [2.75, 3.05) is 40.3 Å². The molecule has 88 valence electrons. The van der Waals surface area contributed by atoms with Crippen molar-refractivity contribution in [1.29, 1.82) is 0 Å². The van der Waals surface area contributed by atoms with Crippen LogP contribution in [0.4, 0.5) is 0 Å². The van der Waals surface area contributed by atoms with Gasteiger partial charge in [-0.2, -0.15) is 0 Å². The van der Waals surface area contributed by atoms with Crippen molar-refractivity contribution in [3.63, 3.8) is 0 Å². The number of hydrogen-bond acceptors (Lipinski definition) is 3. The highest BCUT2D eigenvalue weighted by Crippen LogP contribution is 2.19. The van der Waals surface area contributed by atoms with E-state index >= 15 is 0 Å². The van der Waals surface area contributed by atoms with E-state index in [9.17, 15) is 4.79 Å². The summed E-state index contributed by atoms with van der Waals surface area (Å²) in [6.07, 6.45) is 2.56. The first-order valence-electron chi connectivity index (χ1n) is 5.67. The Bertz CT molecular complexity index is 207. The maximum atomic E-state index is 10.5. The Kier molecular flexibility index (Phi) is 5.05. The van der Waals surface area contributed by atoms with Crippen LogP contribution in [-0.4, -0.2) is 61.2 Å². The maximum Gasteiger partial charge on any atom is 0.303 e. The number of carbonyl (C=O) groups is 1. The van der Waals surface area contributed by atoms with Crippen LogP contribution < -0.4 is 0 Å². The average molecular weight is 214 g/mol. The molecule has 1 aliphatic heterocycles. The molecule has 1 unspecified atom stereocenters. The topological polar surface area (TPSA) is 43.8 Å². The van der Waals surface area contributed by atoms with Crippen molar-refractivity contribution in [2.45, 2.75) is 19.3 Å². The lowest BCUT2D eigenvalue weighted by Crippen LogP contribution is -2.25. The fourth-order valence-electron chi connectivity index (χ4n) is 2.14. The van der Waals surface area contributed by atoms with Gasteiger partial charge in [-0.1, -0.05) is 0 Å². The largest absolute Gasteiger partial charge is 0.481 e. The Balaban J connectivity index is 2.11. The van der Waals surface area contributed by atoms with Crippen molar-refractivity contribution in [3.05, 3.63) is 0 Å². The average Bonchev–Trinajstić information content (AvgIpc) is 2.50. The summed E-state index contributed by atoms with van der Waals surface area (Å²) >= 11 is 0. The van der Waals surface area contributed by atoms with Crippen molar-refractivity contribution in [3.8, 4) is 0 Å². The molecule has 1 fully saturated rings. The fraction of sp³-hybridized carbons (Fsp3) is 0.909. The minimum absolute atomic E-state index is 0.337. The van der Waals surface area contributed by atoms with Gasteiger partial charge in [-0.15, -0.1) is 0 Å². The van der Waals surface area contributed by atoms with Gasteiger partial charge >= 0.3 is 5.97 Å². The number of carboxylic acids is 1. The molecule has 0 spiro atoms. The van der Waals surface area contributed by atoms with Crippen LogP contribution >= 0.6 is 0 Å². The summed E-state index contributed by atoms with van der Waals surface area (Å²) in [4.78, 5) is 15.1. The lowest BCUT2D eigenvalue weighted by atomic mass is 10.1. The molecule has 1 rings (SSSR count). The molecule has 4 nitrogen and oxygen atoms in total. The summed E-state index contributed by atoms with van der Waals surface area (Å²) in [6.45, 7) is 4.26. The number of carboxylic acid groups (broad SMARTS) is 1. The summed E-state index contributed by atoms with van der Waals surface area (Å²) in [7, 11) is 4.16. The molecule has 1 N–H and O–H groups in total. The zero-order valence-electron chi connectivity index (χ0n) is 9.78. The second kappa shape index (κ2) is 6.08. The monoisotopic (exact) mass is 214 g/mol. The predicted molar refractivity (Wildman–Crippen MR) is 60.0 cm³/mol. The minimum atomic E-state index is -0.657. The third-order valence-electron chi connectivity index (χ3n) is 2.91. The van der Waals surface area contributed by atoms with Gasteiger partial charge in [0.2, 0.25) is 0 Å². The quantitative estimate of drug-likeness (QED) is 0.708. The van der Waals surface area contributed by atoms with E-state index in [0.717, 1.165) is 32.6 Å². The first-order chi connectivity index (χ1) is 7.08. The zero-order valence-corrected chi connectivity index (χ0v) is 9.78. The number of hydrogen-bond donors (Lipinski definition) is 1. The van der Waals surface area contributed by atoms with Crippen LogP contribution in [-0.2, 0) is 4.79 Å². The SMILES string of the molecule is CN(C)CCCN1CCC(CC(=O)O)C1. The van der Waals surface area contributed by atoms with Crippen molar-refractivity contribution in [1.82, 2.24) is 9.80 Å². The second-order valence-electron chi connectivity index (χ2n) is 4.71. The van der Waals surface area contributed by atoms with E-state index in [1.54, 1.807) is 0 Å². The van der Waals surface area contributed by atoms with E-state index in [2.05, 4.69) is 23.9 Å². The highest BCUT2D eigenvalue weighted by molar-refractivity contribution is 5.67. The Morgan fingerprint density at radius 2 is 2.27 bits per heavy atom. The zero-order chi connectivity index (χ0) is 11.3. The fourth-order valence-corrected chi connectivity index (χ4v) is 2.14. The van der Waals surface area contributed by atoms with Crippen LogP contribution in [0.5, 0.6) is 0 Å². The first-order valence-corrected chi connectivity index (χ1v) is 5.67. The van der Waals surface area contributed by atoms with Gasteiger partial charge in [-0.3, -0.25) is 4.79 Å². The third kappa shape index (κ3) is 5.14. The van der Waals surface area contributed by atoms with E-state index in [0.29, 0.717) is 12.3 Å². The van der Waals surface area contributed by atoms with Crippen molar-refractivity contribution >= 4 is 5.97 Å². The summed E-state index contributed by atoms with van der Waals surface area (Å²) < 4.78 is 0. The van der Waals surface area contributed by atoms with Gasteiger partial charge in [-0.25, -0.2) is 0 Å². The lowest BCUT2D eigenvalue weighted by molar-refractivity contribution is -0.138. The van der Waals surface area contributed by atoms with Crippen LogP contribution in [0.2, 0.25) is 0 Å². The Morgan fingerprint density at radius 3 is 2.87 bits per heavy atom. The normalized spacial score (nSPS) is 22.5. The smallest absolute Gasteiger partial charge is 0.303 e. The number of rotatable bonds is 6. The Labute approximate surface area is 91.9 Å². The molecule has 15 heavy (non-hydrogen) atoms. The molecule has 0 amide bonds. The van der Waals surface area contributed by atoms with Gasteiger partial charge in [0.05, 0.1) is 0 Å². The van der Waals surface area contributed by atoms with Gasteiger partial charge in [0.1, 0.15) is 0 Å². The highest BCUT2D eigenvalue weighted by Gasteiger charge is 2.23. The molecule has 0 aliphatic carbocycles. The molecule has 0 aromatic rings. The molecular formula is C11H22N2O2. The second-order valence-corrected chi connectivity index (χ2v) is 4.71. The molecular weight excluding hydrogens is 192 g/mol. The van der Waals surface area contributed by atoms with E-state index in [1.807, 2.05) is 0 Å². The van der Waals surface area contributed by atoms with E-state index in [4.69, 9.17) is 5.11 Å². The molecule has 0 aromatic carbocycles. The van der Waals surface area contributed by atoms with Gasteiger partial charge in [0, 0.05) is 13.0 Å². The Hall–Kier alpha value is -0.610. The van der Waals surface area contributed by atoms with Crippen molar-refractivity contribution < 1.29 is 9.90 Å². The van der Waals surface area contributed by atoms with Crippen LogP contribution in [0.3, 0.4) is 0 Å². The molecule has 0 radical (unpaired) electrons. The molecule has 1 saturated heterocycles.